The lowest BCUT2D eigenvalue weighted by molar-refractivity contribution is -0.0942. The van der Waals surface area contributed by atoms with Crippen molar-refractivity contribution in [2.45, 2.75) is 56.7 Å². The Labute approximate surface area is 255 Å². The van der Waals surface area contributed by atoms with Crippen LogP contribution in [0.25, 0.3) is 22.9 Å². The maximum Gasteiger partial charge on any atom is 0.256 e. The molecule has 2 aliphatic heterocycles. The monoisotopic (exact) mass is 597 g/mol. The molecule has 4 aromatic rings. The molecule has 2 atom stereocenters. The molecule has 3 aromatic heterocycles. The molecule has 1 saturated carbocycles. The lowest BCUT2D eigenvalue weighted by Gasteiger charge is -2.43. The zero-order valence-electron chi connectivity index (χ0n) is 24.7. The number of morpholine rings is 1. The molecule has 3 N–H and O–H groups in total. The standard InChI is InChI=1S/C33H36FN7O3/c1-3-23-16-37-31(35)30-29(39-32(41(23)30)27-17-40(19(2)18-44-27)24-9-12-43-13-10-24)25-7-6-22(14-26(25)34)33(42)38-28-15-21(8-11-36-28)20-4-5-20/h3,6-8,11,14-16,19-20,24,27H,1,4-5,9-10,12-13,17-18H2,2H3,(H2,35,37)(H,36,38,42)/t19-,27+/m0/s1. The number of imidazole rings is 1. The maximum atomic E-state index is 15.9. The molecule has 1 amide bonds. The van der Waals surface area contributed by atoms with Crippen molar-refractivity contribution in [3.05, 3.63) is 77.8 Å². The van der Waals surface area contributed by atoms with E-state index >= 15 is 4.39 Å². The number of nitrogens with one attached hydrogen (secondary N) is 1. The van der Waals surface area contributed by atoms with Gasteiger partial charge in [-0.05, 0) is 80.5 Å². The van der Waals surface area contributed by atoms with Gasteiger partial charge in [0.25, 0.3) is 5.91 Å². The van der Waals surface area contributed by atoms with Crippen molar-refractivity contribution in [1.82, 2.24) is 24.3 Å². The van der Waals surface area contributed by atoms with Gasteiger partial charge in [-0.3, -0.25) is 14.1 Å². The number of pyridine rings is 1. The van der Waals surface area contributed by atoms with Crippen LogP contribution in [0.4, 0.5) is 16.0 Å². The van der Waals surface area contributed by atoms with Crippen LogP contribution in [0, 0.1) is 5.82 Å². The molecular weight excluding hydrogens is 561 g/mol. The van der Waals surface area contributed by atoms with Crippen molar-refractivity contribution in [2.24, 2.45) is 0 Å². The van der Waals surface area contributed by atoms with Crippen molar-refractivity contribution < 1.29 is 18.7 Å². The number of amides is 1. The van der Waals surface area contributed by atoms with Crippen molar-refractivity contribution in [1.29, 1.82) is 0 Å². The molecule has 7 rings (SSSR count). The fourth-order valence-corrected chi connectivity index (χ4v) is 6.42. The molecule has 0 bridgehead atoms. The Bertz CT molecular complexity index is 1730. The second kappa shape index (κ2) is 11.7. The van der Waals surface area contributed by atoms with Gasteiger partial charge < -0.3 is 20.5 Å². The number of nitrogen functional groups attached to an aromatic ring is 1. The maximum absolute atomic E-state index is 15.9. The summed E-state index contributed by atoms with van der Waals surface area (Å²) in [7, 11) is 0. The predicted molar refractivity (Wildman–Crippen MR) is 166 cm³/mol. The summed E-state index contributed by atoms with van der Waals surface area (Å²) in [6, 6.07) is 8.83. The Kier molecular flexibility index (Phi) is 7.61. The highest BCUT2D eigenvalue weighted by atomic mass is 19.1. The fraction of sp³-hybridized carbons (Fsp3) is 0.394. The Balaban J connectivity index is 1.22. The van der Waals surface area contributed by atoms with E-state index in [0.717, 1.165) is 44.5 Å². The first-order valence-corrected chi connectivity index (χ1v) is 15.2. The van der Waals surface area contributed by atoms with Crippen LogP contribution < -0.4 is 11.1 Å². The highest BCUT2D eigenvalue weighted by Crippen LogP contribution is 2.40. The van der Waals surface area contributed by atoms with Crippen LogP contribution in [0.2, 0.25) is 0 Å². The van der Waals surface area contributed by atoms with Crippen LogP contribution in [0.15, 0.2) is 49.3 Å². The normalized spacial score (nSPS) is 21.4. The minimum atomic E-state index is -0.602. The van der Waals surface area contributed by atoms with E-state index in [-0.39, 0.29) is 29.1 Å². The van der Waals surface area contributed by atoms with Crippen molar-refractivity contribution in [3.8, 4) is 11.3 Å². The number of hydrogen-bond acceptors (Lipinski definition) is 8. The van der Waals surface area contributed by atoms with E-state index in [1.54, 1.807) is 30.6 Å². The number of halogens is 1. The van der Waals surface area contributed by atoms with E-state index in [4.69, 9.17) is 20.2 Å². The second-order valence-corrected chi connectivity index (χ2v) is 11.9. The first kappa shape index (κ1) is 28.6. The summed E-state index contributed by atoms with van der Waals surface area (Å²) in [5.74, 6) is 0.731. The van der Waals surface area contributed by atoms with E-state index in [1.165, 1.54) is 6.07 Å². The Morgan fingerprint density at radius 1 is 1.16 bits per heavy atom. The van der Waals surface area contributed by atoms with Gasteiger partial charge in [0.2, 0.25) is 0 Å². The van der Waals surface area contributed by atoms with E-state index in [9.17, 15) is 4.79 Å². The largest absolute Gasteiger partial charge is 0.382 e. The number of fused-ring (bicyclic) bond motifs is 1. The Hall–Kier alpha value is -4.19. The molecule has 11 heteroatoms. The lowest BCUT2D eigenvalue weighted by Crippen LogP contribution is -2.52. The van der Waals surface area contributed by atoms with Gasteiger partial charge in [0.05, 0.1) is 18.5 Å². The van der Waals surface area contributed by atoms with Gasteiger partial charge in [-0.15, -0.1) is 0 Å². The molecule has 3 aliphatic rings. The minimum Gasteiger partial charge on any atom is -0.382 e. The van der Waals surface area contributed by atoms with E-state index in [2.05, 4.69) is 33.7 Å². The van der Waals surface area contributed by atoms with Gasteiger partial charge in [-0.2, -0.15) is 0 Å². The van der Waals surface area contributed by atoms with Crippen LogP contribution >= 0.6 is 0 Å². The van der Waals surface area contributed by atoms with Gasteiger partial charge >= 0.3 is 0 Å². The molecule has 2 saturated heterocycles. The van der Waals surface area contributed by atoms with Crippen LogP contribution in [-0.2, 0) is 9.47 Å². The quantitative estimate of drug-likeness (QED) is 0.297. The second-order valence-electron chi connectivity index (χ2n) is 11.9. The fourth-order valence-electron chi connectivity index (χ4n) is 6.42. The number of hydrogen-bond donors (Lipinski definition) is 2. The molecule has 0 radical (unpaired) electrons. The lowest BCUT2D eigenvalue weighted by atomic mass is 10.0. The number of carbonyl (C=O) groups is 1. The summed E-state index contributed by atoms with van der Waals surface area (Å²) >= 11 is 0. The van der Waals surface area contributed by atoms with Gasteiger partial charge in [-0.25, -0.2) is 19.3 Å². The van der Waals surface area contributed by atoms with Crippen molar-refractivity contribution in [2.75, 3.05) is 37.4 Å². The summed E-state index contributed by atoms with van der Waals surface area (Å²) in [5.41, 5.74) is 9.41. The summed E-state index contributed by atoms with van der Waals surface area (Å²) in [6.07, 6.45) is 8.81. The van der Waals surface area contributed by atoms with Gasteiger partial charge in [-0.1, -0.05) is 6.58 Å². The molecule has 1 aromatic carbocycles. The first-order valence-electron chi connectivity index (χ1n) is 15.2. The third-order valence-corrected chi connectivity index (χ3v) is 8.94. The number of aromatic nitrogens is 4. The molecule has 44 heavy (non-hydrogen) atoms. The topological polar surface area (TPSA) is 120 Å². The van der Waals surface area contributed by atoms with Crippen LogP contribution in [0.1, 0.15) is 72.1 Å². The van der Waals surface area contributed by atoms with Gasteiger partial charge in [0, 0.05) is 49.2 Å². The first-order chi connectivity index (χ1) is 21.4. The highest BCUT2D eigenvalue weighted by Gasteiger charge is 2.36. The van der Waals surface area contributed by atoms with Crippen LogP contribution in [0.5, 0.6) is 0 Å². The number of nitrogens with zero attached hydrogens (tertiary/aromatic N) is 5. The average Bonchev–Trinajstić information content (AvgIpc) is 3.82. The Morgan fingerprint density at radius 3 is 2.73 bits per heavy atom. The molecule has 1 aliphatic carbocycles. The van der Waals surface area contributed by atoms with Crippen molar-refractivity contribution in [3.63, 3.8) is 0 Å². The summed E-state index contributed by atoms with van der Waals surface area (Å²) in [4.78, 5) is 29.1. The molecule has 228 valence electrons. The third-order valence-electron chi connectivity index (χ3n) is 8.94. The molecule has 10 nitrogen and oxygen atoms in total. The summed E-state index contributed by atoms with van der Waals surface area (Å²) in [5, 5.41) is 2.80. The van der Waals surface area contributed by atoms with E-state index in [1.807, 2.05) is 16.5 Å². The van der Waals surface area contributed by atoms with Crippen LogP contribution in [0.3, 0.4) is 0 Å². The smallest absolute Gasteiger partial charge is 0.256 e. The van der Waals surface area contributed by atoms with Gasteiger partial charge in [0.1, 0.15) is 40.6 Å². The number of ether oxygens (including phenoxy) is 2. The number of anilines is 2. The van der Waals surface area contributed by atoms with E-state index in [0.29, 0.717) is 53.7 Å². The van der Waals surface area contributed by atoms with Gasteiger partial charge in [0.15, 0.2) is 0 Å². The number of carbonyl (C=O) groups excluding carboxylic acids is 1. The molecule has 0 unspecified atom stereocenters. The van der Waals surface area contributed by atoms with Crippen LogP contribution in [-0.4, -0.2) is 68.6 Å². The molecule has 0 spiro atoms. The number of benzene rings is 1. The zero-order chi connectivity index (χ0) is 30.4. The Morgan fingerprint density at radius 2 is 1.98 bits per heavy atom. The van der Waals surface area contributed by atoms with E-state index < -0.39 is 11.7 Å². The molecule has 5 heterocycles. The average molecular weight is 598 g/mol. The summed E-state index contributed by atoms with van der Waals surface area (Å²) in [6.45, 7) is 8.79. The van der Waals surface area contributed by atoms with Crippen molar-refractivity contribution >= 4 is 29.1 Å². The third kappa shape index (κ3) is 5.36. The SMILES string of the molecule is C=Cc1cnc(N)c2c(-c3ccc(C(=O)Nc4cc(C5CC5)ccn4)cc3F)nc([C@H]3CN(C4CCOCC4)[C@@H](C)CO3)n12. The number of nitrogens with two attached hydrogens (primary N) is 1. The zero-order valence-corrected chi connectivity index (χ0v) is 24.7. The predicted octanol–water partition coefficient (Wildman–Crippen LogP) is 5.23. The molecule has 3 fully saturated rings. The highest BCUT2D eigenvalue weighted by molar-refractivity contribution is 6.04. The number of rotatable bonds is 7. The summed E-state index contributed by atoms with van der Waals surface area (Å²) < 4.78 is 29.7. The molecular formula is C33H36FN7O3. The minimum absolute atomic E-state index is 0.170.